The second kappa shape index (κ2) is 21.9. The fourth-order valence-corrected chi connectivity index (χ4v) is 5.80. The van der Waals surface area contributed by atoms with Crippen molar-refractivity contribution in [3.63, 3.8) is 0 Å². The number of carbonyl (C=O) groups excluding carboxylic acids is 4. The summed E-state index contributed by atoms with van der Waals surface area (Å²) in [4.78, 5) is 70.9. The summed E-state index contributed by atoms with van der Waals surface area (Å²) in [5.74, 6) is -5.72. The molecule has 2 amide bonds. The zero-order chi connectivity index (χ0) is 42.9. The van der Waals surface area contributed by atoms with Gasteiger partial charge in [0.2, 0.25) is 11.8 Å². The molecule has 12 heteroatoms. The lowest BCUT2D eigenvalue weighted by Gasteiger charge is -2.23. The van der Waals surface area contributed by atoms with Gasteiger partial charge < -0.3 is 30.3 Å². The van der Waals surface area contributed by atoms with Gasteiger partial charge in [-0.15, -0.1) is 0 Å². The third kappa shape index (κ3) is 17.7. The van der Waals surface area contributed by atoms with Gasteiger partial charge >= 0.3 is 23.9 Å². The summed E-state index contributed by atoms with van der Waals surface area (Å²) in [5, 5.41) is 22.5. The number of carboxylic acids is 2. The monoisotopic (exact) mass is 794 g/mol. The van der Waals surface area contributed by atoms with E-state index in [1.165, 1.54) is 0 Å². The van der Waals surface area contributed by atoms with Gasteiger partial charge in [-0.1, -0.05) is 109 Å². The molecule has 4 N–H and O–H groups in total. The zero-order valence-corrected chi connectivity index (χ0v) is 34.0. The molecule has 58 heavy (non-hydrogen) atoms. The number of carbonyl (C=O) groups is 6. The van der Waals surface area contributed by atoms with Gasteiger partial charge in [0.05, 0.1) is 24.7 Å². The Balaban J connectivity index is 0.000000322. The Labute approximate surface area is 340 Å². The van der Waals surface area contributed by atoms with Crippen LogP contribution in [0.5, 0.6) is 0 Å². The van der Waals surface area contributed by atoms with Gasteiger partial charge in [0.15, 0.2) is 0 Å². The first kappa shape index (κ1) is 46.1. The van der Waals surface area contributed by atoms with Crippen LogP contribution in [0.15, 0.2) is 109 Å². The molecule has 0 aliphatic heterocycles. The molecule has 0 saturated carbocycles. The lowest BCUT2D eigenvalue weighted by atomic mass is 9.93. The average Bonchev–Trinajstić information content (AvgIpc) is 3.15. The highest BCUT2D eigenvalue weighted by atomic mass is 16.6. The van der Waals surface area contributed by atoms with Crippen LogP contribution in [0.1, 0.15) is 65.5 Å². The van der Waals surface area contributed by atoms with Crippen molar-refractivity contribution >= 4 is 35.7 Å². The van der Waals surface area contributed by atoms with Crippen LogP contribution in [0, 0.1) is 11.8 Å². The molecule has 12 nitrogen and oxygen atoms in total. The van der Waals surface area contributed by atoms with Crippen molar-refractivity contribution in [2.75, 3.05) is 13.1 Å². The van der Waals surface area contributed by atoms with E-state index in [1.807, 2.05) is 109 Å². The van der Waals surface area contributed by atoms with Crippen molar-refractivity contribution in [2.24, 2.45) is 11.8 Å². The summed E-state index contributed by atoms with van der Waals surface area (Å²) in [6.07, 6.45) is 0.130. The van der Waals surface area contributed by atoms with E-state index in [-0.39, 0.29) is 31.7 Å². The quantitative estimate of drug-likeness (QED) is 0.0871. The molecule has 2 atom stereocenters. The number of benzene rings is 4. The van der Waals surface area contributed by atoms with Crippen molar-refractivity contribution in [3.8, 4) is 22.3 Å². The molecule has 4 aromatic carbocycles. The van der Waals surface area contributed by atoms with E-state index in [9.17, 15) is 28.8 Å². The smallest absolute Gasteiger partial charge is 0.325 e. The first-order valence-corrected chi connectivity index (χ1v) is 19.0. The third-order valence-electron chi connectivity index (χ3n) is 8.32. The SMILES string of the molecule is CC(C)(C)OC(=O)CNC(=O)[C@@H](CC(=O)OC(C)(C)C)Cc1ccc(-c2ccccc2)cc1.O=C(O)CNC(=O)[C@@H](CC(=O)O)Cc1ccc(-c2ccccc2)cc1. The molecule has 0 bridgehead atoms. The predicted octanol–water partition coefficient (Wildman–Crippen LogP) is 6.89. The van der Waals surface area contributed by atoms with Crippen LogP contribution in [0.4, 0.5) is 0 Å². The van der Waals surface area contributed by atoms with Gasteiger partial charge in [0, 0.05) is 0 Å². The number of hydrogen-bond donors (Lipinski definition) is 4. The fourth-order valence-electron chi connectivity index (χ4n) is 5.80. The van der Waals surface area contributed by atoms with Crippen molar-refractivity contribution in [2.45, 2.75) is 78.4 Å². The van der Waals surface area contributed by atoms with Crippen LogP contribution >= 0.6 is 0 Å². The molecule has 0 aliphatic carbocycles. The number of rotatable bonds is 16. The third-order valence-corrected chi connectivity index (χ3v) is 8.32. The highest BCUT2D eigenvalue weighted by Crippen LogP contribution is 2.23. The van der Waals surface area contributed by atoms with Crippen molar-refractivity contribution < 1.29 is 48.5 Å². The molecular formula is C46H54N2O10. The van der Waals surface area contributed by atoms with Gasteiger partial charge in [-0.3, -0.25) is 28.8 Å². The summed E-state index contributed by atoms with van der Waals surface area (Å²) in [7, 11) is 0. The Bertz CT molecular complexity index is 1970. The molecule has 4 aromatic rings. The lowest BCUT2D eigenvalue weighted by molar-refractivity contribution is -0.157. The van der Waals surface area contributed by atoms with E-state index in [1.54, 1.807) is 41.5 Å². The molecule has 308 valence electrons. The molecule has 0 radical (unpaired) electrons. The van der Waals surface area contributed by atoms with E-state index in [4.69, 9.17) is 19.7 Å². The predicted molar refractivity (Wildman–Crippen MR) is 220 cm³/mol. The average molecular weight is 795 g/mol. The fraction of sp³-hybridized carbons (Fsp3) is 0.348. The molecule has 0 fully saturated rings. The summed E-state index contributed by atoms with van der Waals surface area (Å²) in [6, 6.07) is 35.2. The number of ether oxygens (including phenoxy) is 2. The minimum Gasteiger partial charge on any atom is -0.481 e. The summed E-state index contributed by atoms with van der Waals surface area (Å²) in [5.41, 5.74) is 4.70. The Morgan fingerprint density at radius 3 is 1.22 bits per heavy atom. The molecule has 0 heterocycles. The number of aliphatic carboxylic acids is 2. The zero-order valence-electron chi connectivity index (χ0n) is 34.0. The standard InChI is InChI=1S/C27H35NO5.C19H19NO5/c1-26(2,3)32-23(29)17-22(25(31)28-18-24(30)33-27(4,5)6)16-19-12-14-21(15-13-19)20-10-8-7-9-11-20;21-17(22)11-16(19(25)20-12-18(23)24)10-13-6-8-15(9-7-13)14-4-2-1-3-5-14/h7-15,22H,16-18H2,1-6H3,(H,28,31);1-9,16H,10-12H2,(H,20,25)(H,21,22)(H,23,24)/t22-;16-/m11/s1. The maximum Gasteiger partial charge on any atom is 0.325 e. The Kier molecular flexibility index (Phi) is 17.4. The van der Waals surface area contributed by atoms with E-state index in [0.717, 1.165) is 33.4 Å². The van der Waals surface area contributed by atoms with Crippen LogP contribution in [-0.2, 0) is 51.1 Å². The molecule has 0 aliphatic rings. The van der Waals surface area contributed by atoms with Gasteiger partial charge in [0.25, 0.3) is 0 Å². The van der Waals surface area contributed by atoms with Gasteiger partial charge in [0.1, 0.15) is 24.3 Å². The first-order chi connectivity index (χ1) is 27.3. The van der Waals surface area contributed by atoms with Crippen LogP contribution in [0.3, 0.4) is 0 Å². The van der Waals surface area contributed by atoms with E-state index >= 15 is 0 Å². The topological polar surface area (TPSA) is 185 Å². The van der Waals surface area contributed by atoms with Gasteiger partial charge in [-0.25, -0.2) is 0 Å². The molecule has 0 spiro atoms. The highest BCUT2D eigenvalue weighted by molar-refractivity contribution is 5.87. The molecular weight excluding hydrogens is 741 g/mol. The van der Waals surface area contributed by atoms with Gasteiger partial charge in [-0.2, -0.15) is 0 Å². The number of amides is 2. The van der Waals surface area contributed by atoms with Crippen molar-refractivity contribution in [1.29, 1.82) is 0 Å². The minimum absolute atomic E-state index is 0.0855. The second-order valence-corrected chi connectivity index (χ2v) is 15.7. The highest BCUT2D eigenvalue weighted by Gasteiger charge is 2.27. The van der Waals surface area contributed by atoms with E-state index in [0.29, 0.717) is 6.42 Å². The van der Waals surface area contributed by atoms with Crippen LogP contribution < -0.4 is 10.6 Å². The largest absolute Gasteiger partial charge is 0.481 e. The number of esters is 2. The number of nitrogens with one attached hydrogen (secondary N) is 2. The summed E-state index contributed by atoms with van der Waals surface area (Å²) >= 11 is 0. The van der Waals surface area contributed by atoms with E-state index in [2.05, 4.69) is 10.6 Å². The summed E-state index contributed by atoms with van der Waals surface area (Å²) < 4.78 is 10.7. The summed E-state index contributed by atoms with van der Waals surface area (Å²) in [6.45, 7) is 9.85. The van der Waals surface area contributed by atoms with Crippen molar-refractivity contribution in [3.05, 3.63) is 120 Å². The van der Waals surface area contributed by atoms with Crippen LogP contribution in [0.25, 0.3) is 22.3 Å². The Hall–Kier alpha value is -6.30. The second-order valence-electron chi connectivity index (χ2n) is 15.7. The maximum absolute atomic E-state index is 12.9. The van der Waals surface area contributed by atoms with E-state index < -0.39 is 59.4 Å². The van der Waals surface area contributed by atoms with Gasteiger partial charge in [-0.05, 0) is 87.8 Å². The van der Waals surface area contributed by atoms with Crippen LogP contribution in [0.2, 0.25) is 0 Å². The normalized spacial score (nSPS) is 12.1. The number of carboxylic acid groups (broad SMARTS) is 2. The first-order valence-electron chi connectivity index (χ1n) is 19.0. The lowest BCUT2D eigenvalue weighted by Crippen LogP contribution is -2.39. The Morgan fingerprint density at radius 2 is 0.845 bits per heavy atom. The Morgan fingerprint density at radius 1 is 0.483 bits per heavy atom. The van der Waals surface area contributed by atoms with Crippen LogP contribution in [-0.4, -0.2) is 70.2 Å². The molecule has 0 unspecified atom stereocenters. The molecule has 4 rings (SSSR count). The maximum atomic E-state index is 12.9. The number of hydrogen-bond acceptors (Lipinski definition) is 8. The van der Waals surface area contributed by atoms with Crippen molar-refractivity contribution in [1.82, 2.24) is 10.6 Å². The molecule has 0 aromatic heterocycles. The molecule has 0 saturated heterocycles. The minimum atomic E-state index is -1.17.